The molecule has 0 heteroatoms. The molecule has 37 heavy (non-hydrogen) atoms. The molecule has 6 aromatic carbocycles. The van der Waals surface area contributed by atoms with Gasteiger partial charge in [-0.25, -0.2) is 0 Å². The van der Waals surface area contributed by atoms with Crippen molar-refractivity contribution in [1.82, 2.24) is 0 Å². The van der Waals surface area contributed by atoms with E-state index in [4.69, 9.17) is 0 Å². The summed E-state index contributed by atoms with van der Waals surface area (Å²) in [6, 6.07) is 41.7. The molecule has 170 valence electrons. The maximum Gasteiger partial charge on any atom is 0.0519 e. The van der Waals surface area contributed by atoms with Crippen LogP contribution in [-0.4, -0.2) is 0 Å². The Bertz CT molecular complexity index is 2090. The lowest BCUT2D eigenvalue weighted by Gasteiger charge is -2.44. The third-order valence-electron chi connectivity index (χ3n) is 9.68. The molecule has 0 radical (unpaired) electrons. The van der Waals surface area contributed by atoms with Crippen LogP contribution in [0.4, 0.5) is 0 Å². The van der Waals surface area contributed by atoms with Crippen molar-refractivity contribution in [3.63, 3.8) is 0 Å². The Morgan fingerprint density at radius 3 is 2.14 bits per heavy atom. The molecule has 0 saturated carbocycles. The minimum absolute atomic E-state index is 0.142. The number of hydrogen-bond acceptors (Lipinski definition) is 0. The largest absolute Gasteiger partial charge is 0.0620 e. The zero-order valence-corrected chi connectivity index (χ0v) is 20.3. The van der Waals surface area contributed by atoms with Crippen LogP contribution >= 0.6 is 0 Å². The van der Waals surface area contributed by atoms with Gasteiger partial charge in [0.2, 0.25) is 0 Å². The van der Waals surface area contributed by atoms with Crippen molar-refractivity contribution in [1.29, 1.82) is 0 Å². The first-order valence-corrected chi connectivity index (χ1v) is 13.4. The van der Waals surface area contributed by atoms with Crippen LogP contribution in [0.1, 0.15) is 33.4 Å². The van der Waals surface area contributed by atoms with Crippen LogP contribution in [0.2, 0.25) is 0 Å². The van der Waals surface area contributed by atoms with E-state index in [1.807, 2.05) is 0 Å². The highest BCUT2D eigenvalue weighted by atomic mass is 14.6. The standard InChI is InChI=1S/C37H22/c1-2-9-22-19-32-29(16-21(22)8-1)31-17-23-10-3-6-14-27(23)34-28-15-7-12-24-18-30-26-13-5-4-11-25(26)20-37(32,36(31)34)35(30)33(24)28/h1-17,19H,18,20H2. The average molecular weight is 467 g/mol. The summed E-state index contributed by atoms with van der Waals surface area (Å²) in [5.41, 5.74) is 17.8. The number of fused-ring (bicyclic) bond motifs is 8. The highest BCUT2D eigenvalue weighted by Crippen LogP contribution is 2.69. The second-order valence-corrected chi connectivity index (χ2v) is 11.2. The number of hydrogen-bond donors (Lipinski definition) is 0. The van der Waals surface area contributed by atoms with Gasteiger partial charge in [-0.2, -0.15) is 0 Å². The van der Waals surface area contributed by atoms with Gasteiger partial charge in [-0.05, 0) is 119 Å². The van der Waals surface area contributed by atoms with E-state index in [1.165, 1.54) is 71.6 Å². The van der Waals surface area contributed by atoms with Gasteiger partial charge in [0.1, 0.15) is 0 Å². The third kappa shape index (κ3) is 2.00. The van der Waals surface area contributed by atoms with E-state index in [0.717, 1.165) is 12.8 Å². The summed E-state index contributed by atoms with van der Waals surface area (Å²) in [7, 11) is 0. The van der Waals surface area contributed by atoms with Crippen LogP contribution < -0.4 is 0 Å². The summed E-state index contributed by atoms with van der Waals surface area (Å²) < 4.78 is 0. The van der Waals surface area contributed by atoms with Crippen LogP contribution in [0.5, 0.6) is 0 Å². The molecule has 0 nitrogen and oxygen atoms in total. The highest BCUT2D eigenvalue weighted by Gasteiger charge is 2.56. The second kappa shape index (κ2) is 6.10. The smallest absolute Gasteiger partial charge is 0.0519 e. The molecule has 6 aromatic rings. The molecule has 4 aliphatic carbocycles. The van der Waals surface area contributed by atoms with Crippen LogP contribution in [0, 0.1) is 0 Å². The first-order valence-electron chi connectivity index (χ1n) is 13.4. The number of allylic oxidation sites excluding steroid dienone is 2. The van der Waals surface area contributed by atoms with Crippen molar-refractivity contribution in [2.45, 2.75) is 18.3 Å². The predicted molar refractivity (Wildman–Crippen MR) is 154 cm³/mol. The zero-order chi connectivity index (χ0) is 23.9. The maximum atomic E-state index is 2.53. The Morgan fingerprint density at radius 1 is 0.514 bits per heavy atom. The van der Waals surface area contributed by atoms with Gasteiger partial charge in [0.25, 0.3) is 0 Å². The fourth-order valence-electron chi connectivity index (χ4n) is 8.40. The average Bonchev–Trinajstić information content (AvgIpc) is 3.46. The van der Waals surface area contributed by atoms with Crippen molar-refractivity contribution in [2.24, 2.45) is 0 Å². The molecular formula is C37H22. The first-order chi connectivity index (χ1) is 18.3. The van der Waals surface area contributed by atoms with E-state index in [1.54, 1.807) is 16.7 Å². The van der Waals surface area contributed by atoms with E-state index in [0.29, 0.717) is 0 Å². The molecule has 0 amide bonds. The Labute approximate surface area is 215 Å². The van der Waals surface area contributed by atoms with E-state index in [-0.39, 0.29) is 5.41 Å². The molecule has 0 bridgehead atoms. The van der Waals surface area contributed by atoms with E-state index in [9.17, 15) is 0 Å². The molecule has 1 spiro atoms. The highest BCUT2D eigenvalue weighted by molar-refractivity contribution is 6.19. The van der Waals surface area contributed by atoms with E-state index >= 15 is 0 Å². The zero-order valence-electron chi connectivity index (χ0n) is 20.3. The summed E-state index contributed by atoms with van der Waals surface area (Å²) in [6.45, 7) is 0. The lowest BCUT2D eigenvalue weighted by molar-refractivity contribution is 0.668. The Hall–Kier alpha value is -4.42. The Morgan fingerprint density at radius 2 is 1.22 bits per heavy atom. The van der Waals surface area contributed by atoms with Crippen molar-refractivity contribution in [3.8, 4) is 22.3 Å². The summed E-state index contributed by atoms with van der Waals surface area (Å²) in [5, 5.41) is 5.39. The van der Waals surface area contributed by atoms with Crippen molar-refractivity contribution >= 4 is 32.7 Å². The molecule has 0 saturated heterocycles. The van der Waals surface area contributed by atoms with Gasteiger partial charge in [0.15, 0.2) is 0 Å². The van der Waals surface area contributed by atoms with Gasteiger partial charge in [0, 0.05) is 0 Å². The number of rotatable bonds is 0. The van der Waals surface area contributed by atoms with Crippen LogP contribution in [0.25, 0.3) is 54.9 Å². The van der Waals surface area contributed by atoms with Crippen molar-refractivity contribution < 1.29 is 0 Å². The summed E-state index contributed by atoms with van der Waals surface area (Å²) in [6.07, 6.45) is 2.06. The first kappa shape index (κ1) is 18.8. The molecule has 0 fully saturated rings. The van der Waals surface area contributed by atoms with Gasteiger partial charge in [-0.3, -0.25) is 0 Å². The number of benzene rings is 6. The minimum Gasteiger partial charge on any atom is -0.0620 e. The monoisotopic (exact) mass is 466 g/mol. The van der Waals surface area contributed by atoms with E-state index < -0.39 is 0 Å². The summed E-state index contributed by atoms with van der Waals surface area (Å²) in [5.74, 6) is 0. The van der Waals surface area contributed by atoms with Gasteiger partial charge < -0.3 is 0 Å². The summed E-state index contributed by atoms with van der Waals surface area (Å²) in [4.78, 5) is 0. The molecule has 10 rings (SSSR count). The van der Waals surface area contributed by atoms with Crippen LogP contribution in [0.3, 0.4) is 0 Å². The SMILES string of the molecule is c1ccc2c(c1)CC13C4=C2Cc2cccc(c24)-c2c1c(cc1ccccc21)-c1cc2ccccc2cc13. The maximum absolute atomic E-state index is 2.53. The van der Waals surface area contributed by atoms with E-state index in [2.05, 4.69) is 109 Å². The fourth-order valence-corrected chi connectivity index (χ4v) is 8.40. The fraction of sp³-hybridized carbons (Fsp3) is 0.0811. The lowest BCUT2D eigenvalue weighted by atomic mass is 9.57. The molecule has 0 N–H and O–H groups in total. The second-order valence-electron chi connectivity index (χ2n) is 11.2. The Balaban J connectivity index is 1.50. The molecule has 0 heterocycles. The Kier molecular flexibility index (Phi) is 3.10. The minimum atomic E-state index is -0.142. The molecule has 0 aromatic heterocycles. The van der Waals surface area contributed by atoms with Crippen LogP contribution in [0.15, 0.2) is 109 Å². The summed E-state index contributed by atoms with van der Waals surface area (Å²) >= 11 is 0. The molecular weight excluding hydrogens is 444 g/mol. The normalized spacial score (nSPS) is 19.1. The van der Waals surface area contributed by atoms with Gasteiger partial charge in [-0.15, -0.1) is 0 Å². The van der Waals surface area contributed by atoms with Gasteiger partial charge in [0.05, 0.1) is 5.41 Å². The lowest BCUT2D eigenvalue weighted by Crippen LogP contribution is -2.35. The van der Waals surface area contributed by atoms with Gasteiger partial charge in [-0.1, -0.05) is 91.0 Å². The topological polar surface area (TPSA) is 0 Å². The molecule has 4 aliphatic rings. The third-order valence-corrected chi connectivity index (χ3v) is 9.68. The van der Waals surface area contributed by atoms with Gasteiger partial charge >= 0.3 is 0 Å². The van der Waals surface area contributed by atoms with Crippen molar-refractivity contribution in [2.75, 3.05) is 0 Å². The van der Waals surface area contributed by atoms with Crippen LogP contribution in [-0.2, 0) is 18.3 Å². The van der Waals surface area contributed by atoms with Crippen molar-refractivity contribution in [3.05, 3.63) is 143 Å². The predicted octanol–water partition coefficient (Wildman–Crippen LogP) is 8.96. The quantitative estimate of drug-likeness (QED) is 0.210. The molecule has 1 atom stereocenters. The molecule has 0 aliphatic heterocycles. The molecule has 1 unspecified atom stereocenters.